The Bertz CT molecular complexity index is 1340. The van der Waals surface area contributed by atoms with E-state index in [2.05, 4.69) is 31.5 Å². The van der Waals surface area contributed by atoms with Crippen LogP contribution in [0.25, 0.3) is 22.8 Å². The number of allylic oxidation sites excluding steroid dienone is 1. The Hall–Kier alpha value is -4.87. The number of nitrogens with two attached hydrogens (primary N) is 1. The average Bonchev–Trinajstić information content (AvgIpc) is 3.52. The van der Waals surface area contributed by atoms with Gasteiger partial charge in [0.25, 0.3) is 5.91 Å². The molecule has 0 aliphatic carbocycles. The van der Waals surface area contributed by atoms with Gasteiger partial charge in [0.1, 0.15) is 17.2 Å². The topological polar surface area (TPSA) is 166 Å². The van der Waals surface area contributed by atoms with Crippen LogP contribution in [0.2, 0.25) is 0 Å². The molecule has 0 radical (unpaired) electrons. The van der Waals surface area contributed by atoms with Crippen molar-refractivity contribution in [3.05, 3.63) is 65.9 Å². The molecule has 0 fully saturated rings. The van der Waals surface area contributed by atoms with E-state index in [0.29, 0.717) is 35.7 Å². The molecule has 0 atom stereocenters. The highest BCUT2D eigenvalue weighted by Crippen LogP contribution is 2.28. The zero-order chi connectivity index (χ0) is 25.5. The van der Waals surface area contributed by atoms with Gasteiger partial charge in [-0.3, -0.25) is 15.6 Å². The summed E-state index contributed by atoms with van der Waals surface area (Å²) in [6.07, 6.45) is 3.50. The van der Waals surface area contributed by atoms with Crippen molar-refractivity contribution in [1.29, 1.82) is 0 Å². The van der Waals surface area contributed by atoms with Crippen LogP contribution in [0, 0.1) is 0 Å². The van der Waals surface area contributed by atoms with Crippen LogP contribution < -0.4 is 21.3 Å². The normalized spacial score (nSPS) is 11.3. The maximum Gasteiger partial charge on any atom is 0.292 e. The van der Waals surface area contributed by atoms with Gasteiger partial charge in [-0.05, 0) is 77.2 Å². The molecule has 0 saturated carbocycles. The number of phenols is 1. The van der Waals surface area contributed by atoms with Crippen LogP contribution in [0.4, 0.5) is 5.82 Å². The molecule has 0 aliphatic rings. The molecular formula is C24H26N8O4. The van der Waals surface area contributed by atoms with Crippen LogP contribution in [0.15, 0.2) is 59.2 Å². The lowest BCUT2D eigenvalue weighted by Crippen LogP contribution is -2.36. The van der Waals surface area contributed by atoms with E-state index in [0.717, 1.165) is 12.0 Å². The van der Waals surface area contributed by atoms with Gasteiger partial charge in [0, 0.05) is 5.56 Å². The predicted octanol–water partition coefficient (Wildman–Crippen LogP) is 3.08. The number of phenolic OH excluding ortho intramolecular Hbond substituents is 1. The van der Waals surface area contributed by atoms with E-state index in [1.165, 1.54) is 4.68 Å². The second kappa shape index (κ2) is 11.0. The summed E-state index contributed by atoms with van der Waals surface area (Å²) >= 11 is 0. The van der Waals surface area contributed by atoms with Crippen molar-refractivity contribution in [3.8, 4) is 28.6 Å². The van der Waals surface area contributed by atoms with Crippen LogP contribution >= 0.6 is 0 Å². The number of nitrogen functional groups attached to an aromatic ring is 1. The number of aromatic nitrogens is 5. The minimum absolute atomic E-state index is 0.00497. The zero-order valence-electron chi connectivity index (χ0n) is 19.8. The van der Waals surface area contributed by atoms with E-state index in [4.69, 9.17) is 15.1 Å². The number of rotatable bonds is 10. The number of aromatic hydroxyl groups is 1. The molecule has 0 saturated heterocycles. The van der Waals surface area contributed by atoms with Crippen molar-refractivity contribution in [2.75, 3.05) is 12.3 Å². The Balaban J connectivity index is 1.65. The summed E-state index contributed by atoms with van der Waals surface area (Å²) in [6.45, 7) is 4.59. The van der Waals surface area contributed by atoms with Gasteiger partial charge in [-0.2, -0.15) is 4.68 Å². The van der Waals surface area contributed by atoms with E-state index < -0.39 is 5.91 Å². The first-order valence-corrected chi connectivity index (χ1v) is 11.3. The maximum absolute atomic E-state index is 13.2. The molecule has 1 amide bonds. The first kappa shape index (κ1) is 24.3. The fraction of sp³-hybridized carbons (Fsp3) is 0.208. The number of nitrogens with one attached hydrogen (secondary N) is 2. The smallest absolute Gasteiger partial charge is 0.292 e. The molecule has 2 aromatic carbocycles. The zero-order valence-corrected chi connectivity index (χ0v) is 19.8. The van der Waals surface area contributed by atoms with Crippen molar-refractivity contribution < 1.29 is 19.3 Å². The molecular weight excluding hydrogens is 464 g/mol. The van der Waals surface area contributed by atoms with Gasteiger partial charge in [0.2, 0.25) is 11.6 Å². The monoisotopic (exact) mass is 490 g/mol. The standard InChI is InChI=1S/C24H26N8O4/c1-3-5-19(15-6-10-17(33)11-7-15)26-28-24(34)20-21(16-8-12-18(13-9-16)35-14-4-2)32(31-27-20)23-22(25)29-36-30-23/h5-13,26,33H,3-4,14H2,1-2H3,(H2,25,29)(H,28,34). The molecule has 0 bridgehead atoms. The number of benzene rings is 2. The van der Waals surface area contributed by atoms with Crippen LogP contribution in [0.5, 0.6) is 11.5 Å². The van der Waals surface area contributed by atoms with Gasteiger partial charge in [-0.1, -0.05) is 25.1 Å². The number of nitrogens with zero attached hydrogens (tertiary/aromatic N) is 5. The third-order valence-corrected chi connectivity index (χ3v) is 5.08. The van der Waals surface area contributed by atoms with Crippen molar-refractivity contribution >= 4 is 17.4 Å². The highest BCUT2D eigenvalue weighted by Gasteiger charge is 2.25. The van der Waals surface area contributed by atoms with Crippen molar-refractivity contribution in [1.82, 2.24) is 36.2 Å². The fourth-order valence-electron chi connectivity index (χ4n) is 3.38. The van der Waals surface area contributed by atoms with Gasteiger partial charge in [-0.15, -0.1) is 5.10 Å². The molecule has 12 heteroatoms. The van der Waals surface area contributed by atoms with Crippen LogP contribution in [-0.2, 0) is 0 Å². The van der Waals surface area contributed by atoms with Crippen molar-refractivity contribution in [2.45, 2.75) is 26.7 Å². The maximum atomic E-state index is 13.2. The summed E-state index contributed by atoms with van der Waals surface area (Å²) in [6, 6.07) is 13.8. The van der Waals surface area contributed by atoms with E-state index >= 15 is 0 Å². The van der Waals surface area contributed by atoms with E-state index in [1.807, 2.05) is 19.9 Å². The molecule has 4 rings (SSSR count). The Labute approximate surface area is 206 Å². The number of carbonyl (C=O) groups excluding carboxylic acids is 1. The third kappa shape index (κ3) is 5.27. The first-order chi connectivity index (χ1) is 17.5. The molecule has 0 spiro atoms. The van der Waals surface area contributed by atoms with Crippen molar-refractivity contribution in [3.63, 3.8) is 0 Å². The number of hydrazine groups is 1. The lowest BCUT2D eigenvalue weighted by molar-refractivity contribution is 0.0938. The van der Waals surface area contributed by atoms with E-state index in [9.17, 15) is 9.90 Å². The highest BCUT2D eigenvalue weighted by atomic mass is 16.6. The number of amides is 1. The molecule has 186 valence electrons. The van der Waals surface area contributed by atoms with Gasteiger partial charge in [0.15, 0.2) is 5.69 Å². The third-order valence-electron chi connectivity index (χ3n) is 5.08. The predicted molar refractivity (Wildman–Crippen MR) is 132 cm³/mol. The molecule has 2 heterocycles. The lowest BCUT2D eigenvalue weighted by atomic mass is 10.1. The average molecular weight is 491 g/mol. The summed E-state index contributed by atoms with van der Waals surface area (Å²) in [4.78, 5) is 13.2. The number of ether oxygens (including phenoxy) is 1. The Morgan fingerprint density at radius 1 is 1.11 bits per heavy atom. The summed E-state index contributed by atoms with van der Waals surface area (Å²) in [7, 11) is 0. The molecule has 5 N–H and O–H groups in total. The molecule has 4 aromatic rings. The molecule has 0 unspecified atom stereocenters. The second-order valence-corrected chi connectivity index (χ2v) is 7.70. The van der Waals surface area contributed by atoms with Gasteiger partial charge in [0.05, 0.1) is 12.3 Å². The van der Waals surface area contributed by atoms with Crippen LogP contribution in [-0.4, -0.2) is 42.9 Å². The van der Waals surface area contributed by atoms with Crippen LogP contribution in [0.1, 0.15) is 42.7 Å². The second-order valence-electron chi connectivity index (χ2n) is 7.70. The Kier molecular flexibility index (Phi) is 7.44. The fourth-order valence-corrected chi connectivity index (χ4v) is 3.38. The van der Waals surface area contributed by atoms with Gasteiger partial charge >= 0.3 is 0 Å². The number of anilines is 1. The Morgan fingerprint density at radius 2 is 1.86 bits per heavy atom. The number of carbonyl (C=O) groups is 1. The quantitative estimate of drug-likeness (QED) is 0.243. The molecule has 12 nitrogen and oxygen atoms in total. The molecule has 0 aliphatic heterocycles. The van der Waals surface area contributed by atoms with E-state index in [-0.39, 0.29) is 23.1 Å². The Morgan fingerprint density at radius 3 is 2.50 bits per heavy atom. The van der Waals surface area contributed by atoms with Gasteiger partial charge < -0.3 is 15.6 Å². The van der Waals surface area contributed by atoms with Gasteiger partial charge in [-0.25, -0.2) is 4.63 Å². The minimum atomic E-state index is -0.543. The molecule has 2 aromatic heterocycles. The highest BCUT2D eigenvalue weighted by molar-refractivity contribution is 5.98. The minimum Gasteiger partial charge on any atom is -0.508 e. The SMILES string of the molecule is CCC=C(NNC(=O)c1nnn(-c2nonc2N)c1-c1ccc(OCCC)cc1)c1ccc(O)cc1. The first-order valence-electron chi connectivity index (χ1n) is 11.3. The lowest BCUT2D eigenvalue weighted by Gasteiger charge is -2.13. The number of hydrogen-bond donors (Lipinski definition) is 4. The summed E-state index contributed by atoms with van der Waals surface area (Å²) in [5, 5.41) is 25.1. The summed E-state index contributed by atoms with van der Waals surface area (Å²) in [5.74, 6) is 0.394. The van der Waals surface area contributed by atoms with Crippen LogP contribution in [0.3, 0.4) is 0 Å². The van der Waals surface area contributed by atoms with Crippen molar-refractivity contribution in [2.24, 2.45) is 0 Å². The summed E-state index contributed by atoms with van der Waals surface area (Å²) in [5.41, 5.74) is 13.9. The summed E-state index contributed by atoms with van der Waals surface area (Å²) < 4.78 is 11.7. The van der Waals surface area contributed by atoms with E-state index in [1.54, 1.807) is 48.5 Å². The number of hydrogen-bond acceptors (Lipinski definition) is 10. The largest absolute Gasteiger partial charge is 0.508 e. The molecule has 36 heavy (non-hydrogen) atoms.